The van der Waals surface area contributed by atoms with Crippen LogP contribution in [0.4, 0.5) is 14.9 Å². The van der Waals surface area contributed by atoms with Gasteiger partial charge >= 0.3 is 6.03 Å². The van der Waals surface area contributed by atoms with Gasteiger partial charge < -0.3 is 4.74 Å². The van der Waals surface area contributed by atoms with Crippen molar-refractivity contribution in [2.24, 2.45) is 0 Å². The zero-order valence-corrected chi connectivity index (χ0v) is 8.49. The number of carbonyl (C=O) groups excluding carboxylic acids is 2. The summed E-state index contributed by atoms with van der Waals surface area (Å²) >= 11 is 0. The predicted octanol–water partition coefficient (Wildman–Crippen LogP) is 0.890. The van der Waals surface area contributed by atoms with Gasteiger partial charge in [-0.1, -0.05) is 0 Å². The van der Waals surface area contributed by atoms with Gasteiger partial charge in [0.2, 0.25) is 5.91 Å². The minimum Gasteiger partial charge on any atom is -0.497 e. The van der Waals surface area contributed by atoms with Gasteiger partial charge in [0, 0.05) is 6.07 Å². The average Bonchev–Trinajstić information content (AvgIpc) is 2.58. The van der Waals surface area contributed by atoms with Crippen molar-refractivity contribution in [1.82, 2.24) is 5.32 Å². The number of benzene rings is 1. The molecule has 5 nitrogen and oxygen atoms in total. The lowest BCUT2D eigenvalue weighted by atomic mass is 10.2. The molecule has 0 bridgehead atoms. The van der Waals surface area contributed by atoms with Gasteiger partial charge in [0.15, 0.2) is 0 Å². The Hall–Kier alpha value is -2.11. The van der Waals surface area contributed by atoms with Crippen LogP contribution in [0.15, 0.2) is 18.2 Å². The number of methoxy groups -OCH3 is 1. The molecule has 84 valence electrons. The number of nitrogens with zero attached hydrogens (tertiary/aromatic N) is 1. The highest BCUT2D eigenvalue weighted by Gasteiger charge is 2.30. The number of nitrogens with one attached hydrogen (secondary N) is 1. The van der Waals surface area contributed by atoms with Crippen molar-refractivity contribution in [2.45, 2.75) is 0 Å². The van der Waals surface area contributed by atoms with Crippen LogP contribution in [0.1, 0.15) is 0 Å². The van der Waals surface area contributed by atoms with E-state index in [-0.39, 0.29) is 12.2 Å². The molecule has 0 unspecified atom stereocenters. The molecule has 2 rings (SSSR count). The summed E-state index contributed by atoms with van der Waals surface area (Å²) in [6, 6.07) is 3.36. The number of hydrogen-bond donors (Lipinski definition) is 1. The first kappa shape index (κ1) is 10.4. The van der Waals surface area contributed by atoms with E-state index in [2.05, 4.69) is 5.32 Å². The molecular formula is C10H9FN2O3. The van der Waals surface area contributed by atoms with Crippen LogP contribution in [0.25, 0.3) is 0 Å². The Kier molecular flexibility index (Phi) is 2.47. The molecule has 0 aliphatic carbocycles. The molecule has 1 aliphatic rings. The minimum absolute atomic E-state index is 0.0303. The Morgan fingerprint density at radius 3 is 2.75 bits per heavy atom. The number of hydrogen-bond acceptors (Lipinski definition) is 3. The van der Waals surface area contributed by atoms with Crippen molar-refractivity contribution >= 4 is 17.6 Å². The summed E-state index contributed by atoms with van der Waals surface area (Å²) in [5, 5.41) is 2.07. The van der Waals surface area contributed by atoms with E-state index in [1.165, 1.54) is 25.3 Å². The quantitative estimate of drug-likeness (QED) is 0.759. The fourth-order valence-electron chi connectivity index (χ4n) is 1.46. The maximum absolute atomic E-state index is 13.5. The molecular weight excluding hydrogens is 215 g/mol. The molecule has 1 aliphatic heterocycles. The van der Waals surface area contributed by atoms with E-state index in [0.29, 0.717) is 5.75 Å². The van der Waals surface area contributed by atoms with Crippen molar-refractivity contribution in [2.75, 3.05) is 18.6 Å². The molecule has 1 fully saturated rings. The Bertz CT molecular complexity index is 461. The van der Waals surface area contributed by atoms with Gasteiger partial charge in [-0.25, -0.2) is 9.18 Å². The van der Waals surface area contributed by atoms with Gasteiger partial charge in [-0.2, -0.15) is 0 Å². The molecule has 0 saturated carbocycles. The highest BCUT2D eigenvalue weighted by molar-refractivity contribution is 6.12. The molecule has 16 heavy (non-hydrogen) atoms. The molecule has 0 aromatic heterocycles. The van der Waals surface area contributed by atoms with Crippen molar-refractivity contribution in [3.05, 3.63) is 24.0 Å². The summed E-state index contributed by atoms with van der Waals surface area (Å²) in [6.07, 6.45) is 0. The Labute approximate surface area is 90.8 Å². The monoisotopic (exact) mass is 224 g/mol. The fraction of sp³-hybridized carbons (Fsp3) is 0.200. The molecule has 6 heteroatoms. The second-order valence-corrected chi connectivity index (χ2v) is 3.26. The van der Waals surface area contributed by atoms with Crippen LogP contribution in [0, 0.1) is 5.82 Å². The SMILES string of the molecule is COc1ccc(F)c(N2CC(=O)NC2=O)c1. The van der Waals surface area contributed by atoms with Crippen LogP contribution in [-0.2, 0) is 4.79 Å². The smallest absolute Gasteiger partial charge is 0.329 e. The largest absolute Gasteiger partial charge is 0.497 e. The topological polar surface area (TPSA) is 58.6 Å². The predicted molar refractivity (Wildman–Crippen MR) is 53.8 cm³/mol. The summed E-state index contributed by atoms with van der Waals surface area (Å²) in [4.78, 5) is 23.3. The second kappa shape index (κ2) is 3.80. The highest BCUT2D eigenvalue weighted by Crippen LogP contribution is 2.26. The van der Waals surface area contributed by atoms with Gasteiger partial charge in [-0.15, -0.1) is 0 Å². The summed E-state index contributed by atoms with van der Waals surface area (Å²) in [6.45, 7) is -0.178. The summed E-state index contributed by atoms with van der Waals surface area (Å²) < 4.78 is 18.4. The zero-order valence-electron chi connectivity index (χ0n) is 8.49. The number of rotatable bonds is 2. The third-order valence-electron chi connectivity index (χ3n) is 2.24. The number of halogens is 1. The highest BCUT2D eigenvalue weighted by atomic mass is 19.1. The number of urea groups is 1. The first-order valence-electron chi connectivity index (χ1n) is 4.56. The van der Waals surface area contributed by atoms with Gasteiger partial charge in [-0.3, -0.25) is 15.0 Å². The number of ether oxygens (including phenoxy) is 1. The maximum Gasteiger partial charge on any atom is 0.329 e. The summed E-state index contributed by atoms with van der Waals surface area (Å²) in [5.74, 6) is -0.610. The van der Waals surface area contributed by atoms with E-state index in [1.54, 1.807) is 0 Å². The molecule has 1 N–H and O–H groups in total. The van der Waals surface area contributed by atoms with Crippen molar-refractivity contribution in [1.29, 1.82) is 0 Å². The standard InChI is InChI=1S/C10H9FN2O3/c1-16-6-2-3-7(11)8(4-6)13-5-9(14)12-10(13)15/h2-4H,5H2,1H3,(H,12,14,15). The maximum atomic E-state index is 13.5. The number of anilines is 1. The van der Waals surface area contributed by atoms with E-state index < -0.39 is 17.8 Å². The summed E-state index contributed by atoms with van der Waals surface area (Å²) in [5.41, 5.74) is 0.0303. The molecule has 1 aromatic rings. The van der Waals surface area contributed by atoms with Crippen LogP contribution < -0.4 is 15.0 Å². The first-order valence-corrected chi connectivity index (χ1v) is 4.56. The van der Waals surface area contributed by atoms with Gasteiger partial charge in [-0.05, 0) is 12.1 Å². The molecule has 1 saturated heterocycles. The number of amides is 3. The molecule has 1 heterocycles. The van der Waals surface area contributed by atoms with Crippen LogP contribution in [0.5, 0.6) is 5.75 Å². The Morgan fingerprint density at radius 2 is 2.19 bits per heavy atom. The minimum atomic E-state index is -0.628. The Balaban J connectivity index is 2.39. The Morgan fingerprint density at radius 1 is 1.44 bits per heavy atom. The molecule has 3 amide bonds. The van der Waals surface area contributed by atoms with E-state index in [9.17, 15) is 14.0 Å². The molecule has 0 atom stereocenters. The van der Waals surface area contributed by atoms with Gasteiger partial charge in [0.1, 0.15) is 18.1 Å². The van der Waals surface area contributed by atoms with Crippen LogP contribution in [0.3, 0.4) is 0 Å². The van der Waals surface area contributed by atoms with E-state index in [0.717, 1.165) is 4.90 Å². The third kappa shape index (κ3) is 1.69. The average molecular weight is 224 g/mol. The van der Waals surface area contributed by atoms with Crippen LogP contribution in [0.2, 0.25) is 0 Å². The van der Waals surface area contributed by atoms with Gasteiger partial charge in [0.05, 0.1) is 12.8 Å². The van der Waals surface area contributed by atoms with Crippen LogP contribution >= 0.6 is 0 Å². The second-order valence-electron chi connectivity index (χ2n) is 3.26. The molecule has 1 aromatic carbocycles. The van der Waals surface area contributed by atoms with Crippen LogP contribution in [-0.4, -0.2) is 25.6 Å². The third-order valence-corrected chi connectivity index (χ3v) is 2.24. The normalized spacial score (nSPS) is 15.2. The van der Waals surface area contributed by atoms with Crippen molar-refractivity contribution in [3.8, 4) is 5.75 Å². The summed E-state index contributed by atoms with van der Waals surface area (Å²) in [7, 11) is 1.44. The molecule has 0 spiro atoms. The number of imide groups is 1. The zero-order chi connectivity index (χ0) is 11.7. The van der Waals surface area contributed by atoms with Crippen molar-refractivity contribution < 1.29 is 18.7 Å². The lowest BCUT2D eigenvalue weighted by Crippen LogP contribution is -2.28. The molecule has 0 radical (unpaired) electrons. The van der Waals surface area contributed by atoms with Crippen molar-refractivity contribution in [3.63, 3.8) is 0 Å². The lowest BCUT2D eigenvalue weighted by molar-refractivity contribution is -0.117. The van der Waals surface area contributed by atoms with E-state index in [1.807, 2.05) is 0 Å². The van der Waals surface area contributed by atoms with E-state index in [4.69, 9.17) is 4.74 Å². The lowest BCUT2D eigenvalue weighted by Gasteiger charge is -2.14. The fourth-order valence-corrected chi connectivity index (χ4v) is 1.46. The first-order chi connectivity index (χ1) is 7.61. The van der Waals surface area contributed by atoms with E-state index >= 15 is 0 Å². The number of carbonyl (C=O) groups is 2. The van der Waals surface area contributed by atoms with Gasteiger partial charge in [0.25, 0.3) is 0 Å².